The molecular weight excluding hydrogens is 376 g/mol. The van der Waals surface area contributed by atoms with Gasteiger partial charge in [-0.2, -0.15) is 26.3 Å². The summed E-state index contributed by atoms with van der Waals surface area (Å²) in [6, 6.07) is -0.225. The largest absolute Gasteiger partial charge is 0.419 e. The fourth-order valence-electron chi connectivity index (χ4n) is 2.41. The lowest BCUT2D eigenvalue weighted by Crippen LogP contribution is -2.53. The SMILES string of the molecule is C[C@@H]1CN[C@H](CNc2ncc(C(F)(F)F)cc2C(F)(F)F)[C@H](C)O1.Cl. The van der Waals surface area contributed by atoms with Crippen LogP contribution < -0.4 is 10.6 Å². The lowest BCUT2D eigenvalue weighted by molar-refractivity contribution is -0.143. The first-order valence-corrected chi connectivity index (χ1v) is 7.25. The Hall–Kier alpha value is -1.26. The van der Waals surface area contributed by atoms with Crippen molar-refractivity contribution in [2.45, 2.75) is 44.4 Å². The molecule has 0 aliphatic carbocycles. The van der Waals surface area contributed by atoms with Gasteiger partial charge < -0.3 is 15.4 Å². The van der Waals surface area contributed by atoms with Crippen LogP contribution in [-0.4, -0.2) is 36.3 Å². The summed E-state index contributed by atoms with van der Waals surface area (Å²) in [5, 5.41) is 5.58. The molecule has 0 radical (unpaired) electrons. The van der Waals surface area contributed by atoms with E-state index in [0.29, 0.717) is 12.7 Å². The van der Waals surface area contributed by atoms with Gasteiger partial charge in [-0.25, -0.2) is 4.98 Å². The molecule has 0 spiro atoms. The number of pyridine rings is 1. The van der Waals surface area contributed by atoms with Gasteiger partial charge in [0.15, 0.2) is 0 Å². The van der Waals surface area contributed by atoms with Crippen molar-refractivity contribution in [3.05, 3.63) is 23.4 Å². The van der Waals surface area contributed by atoms with Gasteiger partial charge in [-0.05, 0) is 19.9 Å². The first-order chi connectivity index (χ1) is 11.0. The molecule has 4 nitrogen and oxygen atoms in total. The first-order valence-electron chi connectivity index (χ1n) is 7.25. The molecule has 25 heavy (non-hydrogen) atoms. The zero-order chi connectivity index (χ0) is 18.1. The summed E-state index contributed by atoms with van der Waals surface area (Å²) in [6.45, 7) is 4.19. The van der Waals surface area contributed by atoms with E-state index in [1.165, 1.54) is 0 Å². The lowest BCUT2D eigenvalue weighted by Gasteiger charge is -2.34. The second-order valence-electron chi connectivity index (χ2n) is 5.66. The Morgan fingerprint density at radius 1 is 1.20 bits per heavy atom. The topological polar surface area (TPSA) is 46.2 Å². The van der Waals surface area contributed by atoms with Crippen molar-refractivity contribution in [1.29, 1.82) is 0 Å². The molecule has 3 atom stereocenters. The van der Waals surface area contributed by atoms with Crippen LogP contribution in [0, 0.1) is 0 Å². The number of rotatable bonds is 3. The summed E-state index contributed by atoms with van der Waals surface area (Å²) in [5.74, 6) is -0.636. The van der Waals surface area contributed by atoms with Crippen LogP contribution >= 0.6 is 12.4 Å². The van der Waals surface area contributed by atoms with Crippen LogP contribution in [0.2, 0.25) is 0 Å². The van der Waals surface area contributed by atoms with Gasteiger partial charge >= 0.3 is 12.4 Å². The van der Waals surface area contributed by atoms with Crippen LogP contribution in [0.5, 0.6) is 0 Å². The fourth-order valence-corrected chi connectivity index (χ4v) is 2.41. The van der Waals surface area contributed by atoms with Crippen LogP contribution in [0.1, 0.15) is 25.0 Å². The van der Waals surface area contributed by atoms with Gasteiger partial charge in [0.1, 0.15) is 5.82 Å². The Morgan fingerprint density at radius 3 is 2.36 bits per heavy atom. The highest BCUT2D eigenvalue weighted by Gasteiger charge is 2.39. The van der Waals surface area contributed by atoms with E-state index in [1.807, 2.05) is 6.92 Å². The Morgan fingerprint density at radius 2 is 1.84 bits per heavy atom. The van der Waals surface area contributed by atoms with E-state index in [-0.39, 0.29) is 43.3 Å². The Bertz CT molecular complexity index is 581. The number of morpholine rings is 1. The maximum atomic E-state index is 13.0. The molecule has 0 aromatic carbocycles. The molecule has 0 bridgehead atoms. The van der Waals surface area contributed by atoms with E-state index in [4.69, 9.17) is 4.74 Å². The number of nitrogens with zero attached hydrogens (tertiary/aromatic N) is 1. The highest BCUT2D eigenvalue weighted by molar-refractivity contribution is 5.85. The molecule has 2 N–H and O–H groups in total. The Balaban J connectivity index is 0.00000312. The number of alkyl halides is 6. The third-order valence-corrected chi connectivity index (χ3v) is 3.69. The smallest absolute Gasteiger partial charge is 0.373 e. The van der Waals surface area contributed by atoms with E-state index in [1.54, 1.807) is 6.92 Å². The minimum atomic E-state index is -4.95. The van der Waals surface area contributed by atoms with Crippen LogP contribution in [0.3, 0.4) is 0 Å². The summed E-state index contributed by atoms with van der Waals surface area (Å²) in [7, 11) is 0. The van der Waals surface area contributed by atoms with Crippen LogP contribution in [0.15, 0.2) is 12.3 Å². The van der Waals surface area contributed by atoms with Crippen LogP contribution in [-0.2, 0) is 17.1 Å². The average Bonchev–Trinajstić information content (AvgIpc) is 2.44. The summed E-state index contributed by atoms with van der Waals surface area (Å²) < 4.78 is 82.4. The van der Waals surface area contributed by atoms with Crippen molar-refractivity contribution in [3.8, 4) is 0 Å². The minimum Gasteiger partial charge on any atom is -0.373 e. The summed E-state index contributed by atoms with van der Waals surface area (Å²) in [4.78, 5) is 3.32. The third-order valence-electron chi connectivity index (χ3n) is 3.69. The lowest BCUT2D eigenvalue weighted by atomic mass is 10.1. The van der Waals surface area contributed by atoms with Crippen molar-refractivity contribution in [2.24, 2.45) is 0 Å². The van der Waals surface area contributed by atoms with Crippen LogP contribution in [0.4, 0.5) is 32.2 Å². The molecule has 1 aliphatic rings. The summed E-state index contributed by atoms with van der Waals surface area (Å²) in [5.41, 5.74) is -2.89. The molecule has 1 aliphatic heterocycles. The number of nitrogens with one attached hydrogen (secondary N) is 2. The molecule has 2 heterocycles. The number of anilines is 1. The zero-order valence-electron chi connectivity index (χ0n) is 13.3. The minimum absolute atomic E-state index is 0. The molecule has 0 saturated carbocycles. The average molecular weight is 394 g/mol. The number of halogens is 7. The molecule has 11 heteroatoms. The zero-order valence-corrected chi connectivity index (χ0v) is 14.1. The van der Waals surface area contributed by atoms with E-state index in [2.05, 4.69) is 15.6 Å². The molecule has 1 aromatic heterocycles. The normalized spacial score (nSPS) is 24.6. The molecular formula is C14H18ClF6N3O. The third kappa shape index (κ3) is 5.61. The Labute approximate surface area is 146 Å². The number of aromatic nitrogens is 1. The second-order valence-corrected chi connectivity index (χ2v) is 5.66. The highest BCUT2D eigenvalue weighted by Crippen LogP contribution is 2.38. The van der Waals surface area contributed by atoms with E-state index in [0.717, 1.165) is 0 Å². The first kappa shape index (κ1) is 21.8. The van der Waals surface area contributed by atoms with E-state index < -0.39 is 29.3 Å². The fraction of sp³-hybridized carbons (Fsp3) is 0.643. The Kier molecular flexibility index (Phi) is 6.94. The van der Waals surface area contributed by atoms with Crippen molar-refractivity contribution in [1.82, 2.24) is 10.3 Å². The summed E-state index contributed by atoms with van der Waals surface area (Å²) in [6.07, 6.45) is -9.74. The van der Waals surface area contributed by atoms with E-state index >= 15 is 0 Å². The van der Waals surface area contributed by atoms with Crippen molar-refractivity contribution in [3.63, 3.8) is 0 Å². The van der Waals surface area contributed by atoms with Gasteiger partial charge in [0, 0.05) is 19.3 Å². The van der Waals surface area contributed by atoms with Crippen molar-refractivity contribution < 1.29 is 31.1 Å². The molecule has 1 aromatic rings. The number of hydrogen-bond donors (Lipinski definition) is 2. The molecule has 144 valence electrons. The van der Waals surface area contributed by atoms with Gasteiger partial charge in [0.2, 0.25) is 0 Å². The molecule has 0 unspecified atom stereocenters. The maximum absolute atomic E-state index is 13.0. The standard InChI is InChI=1S/C14H17F6N3O.ClH/c1-7-4-21-11(8(2)24-7)6-23-12-10(14(18,19)20)3-9(5-22-12)13(15,16)17;/h3,5,7-8,11,21H,4,6H2,1-2H3,(H,22,23);1H/t7-,8+,11-;/m1./s1. The van der Waals surface area contributed by atoms with Gasteiger partial charge in [0.05, 0.1) is 29.4 Å². The van der Waals surface area contributed by atoms with E-state index in [9.17, 15) is 26.3 Å². The predicted octanol–water partition coefficient (Wildman–Crippen LogP) is 3.72. The quantitative estimate of drug-likeness (QED) is 0.768. The van der Waals surface area contributed by atoms with Crippen molar-refractivity contribution in [2.75, 3.05) is 18.4 Å². The van der Waals surface area contributed by atoms with Crippen LogP contribution in [0.25, 0.3) is 0 Å². The van der Waals surface area contributed by atoms with Gasteiger partial charge in [-0.3, -0.25) is 0 Å². The van der Waals surface area contributed by atoms with Gasteiger partial charge in [-0.1, -0.05) is 0 Å². The number of hydrogen-bond acceptors (Lipinski definition) is 4. The molecule has 2 rings (SSSR count). The number of ether oxygens (including phenoxy) is 1. The second kappa shape index (κ2) is 7.96. The molecule has 0 amide bonds. The van der Waals surface area contributed by atoms with Gasteiger partial charge in [-0.15, -0.1) is 12.4 Å². The van der Waals surface area contributed by atoms with Gasteiger partial charge in [0.25, 0.3) is 0 Å². The monoisotopic (exact) mass is 393 g/mol. The predicted molar refractivity (Wildman–Crippen MR) is 81.8 cm³/mol. The molecule has 1 saturated heterocycles. The maximum Gasteiger partial charge on any atom is 0.419 e. The summed E-state index contributed by atoms with van der Waals surface area (Å²) >= 11 is 0. The van der Waals surface area contributed by atoms with Crippen molar-refractivity contribution >= 4 is 18.2 Å². The highest BCUT2D eigenvalue weighted by atomic mass is 35.5. The molecule has 1 fully saturated rings.